The van der Waals surface area contributed by atoms with Crippen LogP contribution in [0.2, 0.25) is 0 Å². The average molecular weight is 348 g/mol. The molecule has 0 saturated carbocycles. The molecule has 20 heavy (non-hydrogen) atoms. The van der Waals surface area contributed by atoms with Crippen molar-refractivity contribution in [1.29, 1.82) is 0 Å². The minimum Gasteiger partial charge on any atom is -0.375 e. The zero-order chi connectivity index (χ0) is 14.1. The Bertz CT molecular complexity index is 754. The molecule has 0 aliphatic rings. The summed E-state index contributed by atoms with van der Waals surface area (Å²) in [6, 6.07) is 8.40. The van der Waals surface area contributed by atoms with E-state index < -0.39 is 0 Å². The molecule has 0 aliphatic heterocycles. The van der Waals surface area contributed by atoms with Crippen LogP contribution in [0.1, 0.15) is 23.7 Å². The number of aryl methyl sites for hydroxylation is 1. The number of rotatable bonds is 3. The summed E-state index contributed by atoms with van der Waals surface area (Å²) >= 11 is 5.13. The van der Waals surface area contributed by atoms with Crippen LogP contribution in [0.5, 0.6) is 0 Å². The Balaban J connectivity index is 1.94. The van der Waals surface area contributed by atoms with Gasteiger partial charge in [0.25, 0.3) is 0 Å². The first-order chi connectivity index (χ1) is 9.63. The van der Waals surface area contributed by atoms with Crippen molar-refractivity contribution in [3.05, 3.63) is 51.0 Å². The summed E-state index contributed by atoms with van der Waals surface area (Å²) in [5.41, 5.74) is 3.09. The molecule has 1 aromatic carbocycles. The summed E-state index contributed by atoms with van der Waals surface area (Å²) in [6.07, 6.45) is 1.82. The van der Waals surface area contributed by atoms with Crippen molar-refractivity contribution in [3.8, 4) is 0 Å². The van der Waals surface area contributed by atoms with Gasteiger partial charge in [0.05, 0.1) is 27.9 Å². The molecule has 1 unspecified atom stereocenters. The monoisotopic (exact) mass is 347 g/mol. The predicted octanol–water partition coefficient (Wildman–Crippen LogP) is 4.94. The molecule has 102 valence electrons. The number of anilines is 1. The van der Waals surface area contributed by atoms with Crippen LogP contribution in [-0.2, 0) is 0 Å². The molecule has 2 aromatic heterocycles. The molecule has 3 aromatic rings. The number of thiazole rings is 1. The van der Waals surface area contributed by atoms with Crippen molar-refractivity contribution >= 4 is 43.9 Å². The van der Waals surface area contributed by atoms with Gasteiger partial charge in [0.15, 0.2) is 0 Å². The molecular weight excluding hydrogens is 334 g/mol. The quantitative estimate of drug-likeness (QED) is 0.729. The van der Waals surface area contributed by atoms with Gasteiger partial charge in [0.1, 0.15) is 0 Å². The highest BCUT2D eigenvalue weighted by atomic mass is 79.9. The van der Waals surface area contributed by atoms with Crippen LogP contribution in [0.15, 0.2) is 40.3 Å². The summed E-state index contributed by atoms with van der Waals surface area (Å²) in [5.74, 6) is 0. The van der Waals surface area contributed by atoms with Crippen molar-refractivity contribution in [2.45, 2.75) is 19.9 Å². The van der Waals surface area contributed by atoms with E-state index in [1.54, 1.807) is 11.3 Å². The lowest BCUT2D eigenvalue weighted by Gasteiger charge is -2.14. The maximum Gasteiger partial charge on any atom is 0.0934 e. The Labute approximate surface area is 130 Å². The van der Waals surface area contributed by atoms with Crippen LogP contribution in [0, 0.1) is 6.92 Å². The Morgan fingerprint density at radius 3 is 2.95 bits per heavy atom. The zero-order valence-electron chi connectivity index (χ0n) is 11.2. The average Bonchev–Trinajstić information content (AvgIpc) is 2.85. The lowest BCUT2D eigenvalue weighted by atomic mass is 10.1. The molecule has 0 fully saturated rings. The highest BCUT2D eigenvalue weighted by Gasteiger charge is 2.11. The zero-order valence-corrected chi connectivity index (χ0v) is 13.6. The van der Waals surface area contributed by atoms with E-state index >= 15 is 0 Å². The predicted molar refractivity (Wildman–Crippen MR) is 88.3 cm³/mol. The number of benzene rings is 1. The molecule has 0 spiro atoms. The number of para-hydroxylation sites is 1. The van der Waals surface area contributed by atoms with E-state index in [1.807, 2.05) is 19.2 Å². The van der Waals surface area contributed by atoms with Crippen molar-refractivity contribution < 1.29 is 0 Å². The van der Waals surface area contributed by atoms with Crippen LogP contribution in [-0.4, -0.2) is 9.97 Å². The van der Waals surface area contributed by atoms with Gasteiger partial charge < -0.3 is 5.32 Å². The van der Waals surface area contributed by atoms with Crippen molar-refractivity contribution in [3.63, 3.8) is 0 Å². The smallest absolute Gasteiger partial charge is 0.0934 e. The Morgan fingerprint density at radius 1 is 1.35 bits per heavy atom. The lowest BCUT2D eigenvalue weighted by Crippen LogP contribution is -2.07. The third-order valence-electron chi connectivity index (χ3n) is 3.13. The van der Waals surface area contributed by atoms with Gasteiger partial charge in [-0.05, 0) is 41.9 Å². The highest BCUT2D eigenvalue weighted by Crippen LogP contribution is 2.27. The SMILES string of the molecule is Cc1nc(C(C)Nc2cccc3cc(Br)cnc23)cs1. The molecule has 0 bridgehead atoms. The number of hydrogen-bond donors (Lipinski definition) is 1. The number of nitrogens with zero attached hydrogens (tertiary/aromatic N) is 2. The largest absolute Gasteiger partial charge is 0.375 e. The number of aromatic nitrogens is 2. The van der Waals surface area contributed by atoms with E-state index in [0.717, 1.165) is 31.8 Å². The summed E-state index contributed by atoms with van der Waals surface area (Å²) in [6.45, 7) is 4.14. The summed E-state index contributed by atoms with van der Waals surface area (Å²) in [4.78, 5) is 9.03. The minimum absolute atomic E-state index is 0.163. The summed E-state index contributed by atoms with van der Waals surface area (Å²) < 4.78 is 0.991. The normalized spacial score (nSPS) is 12.6. The highest BCUT2D eigenvalue weighted by molar-refractivity contribution is 9.10. The van der Waals surface area contributed by atoms with Crippen molar-refractivity contribution in [2.75, 3.05) is 5.32 Å². The van der Waals surface area contributed by atoms with Gasteiger partial charge in [-0.1, -0.05) is 12.1 Å². The van der Waals surface area contributed by atoms with Crippen LogP contribution in [0.4, 0.5) is 5.69 Å². The van der Waals surface area contributed by atoms with Gasteiger partial charge in [0, 0.05) is 21.4 Å². The molecule has 3 nitrogen and oxygen atoms in total. The van der Waals surface area contributed by atoms with E-state index in [2.05, 4.69) is 61.7 Å². The number of pyridine rings is 1. The number of fused-ring (bicyclic) bond motifs is 1. The van der Waals surface area contributed by atoms with E-state index in [1.165, 1.54) is 0 Å². The molecule has 1 N–H and O–H groups in total. The van der Waals surface area contributed by atoms with Gasteiger partial charge >= 0.3 is 0 Å². The van der Waals surface area contributed by atoms with Crippen LogP contribution in [0.3, 0.4) is 0 Å². The molecular formula is C15H14BrN3S. The molecule has 0 amide bonds. The first-order valence-electron chi connectivity index (χ1n) is 6.36. The second-order valence-corrected chi connectivity index (χ2v) is 6.67. The number of nitrogens with one attached hydrogen (secondary N) is 1. The van der Waals surface area contributed by atoms with Gasteiger partial charge in [-0.15, -0.1) is 11.3 Å². The summed E-state index contributed by atoms with van der Waals surface area (Å²) in [5, 5.41) is 7.81. The number of hydrogen-bond acceptors (Lipinski definition) is 4. The van der Waals surface area contributed by atoms with E-state index in [0.29, 0.717) is 0 Å². The van der Waals surface area contributed by atoms with Crippen molar-refractivity contribution in [2.24, 2.45) is 0 Å². The molecule has 0 radical (unpaired) electrons. The number of halogens is 1. The van der Waals surface area contributed by atoms with Gasteiger partial charge in [-0.25, -0.2) is 4.98 Å². The molecule has 2 heterocycles. The second kappa shape index (κ2) is 5.50. The second-order valence-electron chi connectivity index (χ2n) is 4.69. The maximum absolute atomic E-state index is 4.53. The van der Waals surface area contributed by atoms with E-state index in [9.17, 15) is 0 Å². The third-order valence-corrected chi connectivity index (χ3v) is 4.36. The first kappa shape index (κ1) is 13.5. The van der Waals surface area contributed by atoms with Gasteiger partial charge in [0.2, 0.25) is 0 Å². The van der Waals surface area contributed by atoms with Crippen LogP contribution >= 0.6 is 27.3 Å². The Hall–Kier alpha value is -1.46. The van der Waals surface area contributed by atoms with E-state index in [-0.39, 0.29) is 6.04 Å². The Morgan fingerprint density at radius 2 is 2.20 bits per heavy atom. The molecule has 1 atom stereocenters. The molecule has 3 rings (SSSR count). The minimum atomic E-state index is 0.163. The first-order valence-corrected chi connectivity index (χ1v) is 8.03. The van der Waals surface area contributed by atoms with Gasteiger partial charge in [-0.2, -0.15) is 0 Å². The molecule has 0 saturated heterocycles. The van der Waals surface area contributed by atoms with E-state index in [4.69, 9.17) is 0 Å². The summed E-state index contributed by atoms with van der Waals surface area (Å²) in [7, 11) is 0. The molecule has 5 heteroatoms. The van der Waals surface area contributed by atoms with Crippen LogP contribution in [0.25, 0.3) is 10.9 Å². The topological polar surface area (TPSA) is 37.8 Å². The third kappa shape index (κ3) is 2.69. The van der Waals surface area contributed by atoms with Crippen LogP contribution < -0.4 is 5.32 Å². The Kier molecular flexibility index (Phi) is 3.72. The van der Waals surface area contributed by atoms with Crippen molar-refractivity contribution in [1.82, 2.24) is 9.97 Å². The fraction of sp³-hybridized carbons (Fsp3) is 0.200. The standard InChI is InChI=1S/C15H14BrN3S/c1-9(14-8-20-10(2)19-14)18-13-5-3-4-11-6-12(16)7-17-15(11)13/h3-9,18H,1-2H3. The van der Waals surface area contributed by atoms with Gasteiger partial charge in [-0.3, -0.25) is 4.98 Å². The fourth-order valence-electron chi connectivity index (χ4n) is 2.14. The fourth-order valence-corrected chi connectivity index (χ4v) is 3.19. The lowest BCUT2D eigenvalue weighted by molar-refractivity contribution is 0.846. The maximum atomic E-state index is 4.53. The molecule has 0 aliphatic carbocycles.